The zero-order valence-corrected chi connectivity index (χ0v) is 18.4. The van der Waals surface area contributed by atoms with Gasteiger partial charge in [-0.3, -0.25) is 4.90 Å². The Morgan fingerprint density at radius 3 is 1.75 bits per heavy atom. The zero-order chi connectivity index (χ0) is 17.6. The molecule has 1 aliphatic rings. The van der Waals surface area contributed by atoms with Gasteiger partial charge in [0.25, 0.3) is 0 Å². The maximum atomic E-state index is 2.82. The molecule has 0 aromatic heterocycles. The molecule has 2 heteroatoms. The second-order valence-corrected chi connectivity index (χ2v) is 11.3. The first-order valence-corrected chi connectivity index (χ1v) is 13.6. The second kappa shape index (κ2) is 14.1. The third-order valence-corrected chi connectivity index (χ3v) is 9.85. The first-order valence-electron chi connectivity index (χ1n) is 11.1. The van der Waals surface area contributed by atoms with Crippen LogP contribution in [0, 0.1) is 0 Å². The average Bonchev–Trinajstić information content (AvgIpc) is 2.64. The third kappa shape index (κ3) is 8.85. The predicted octanol–water partition coefficient (Wildman–Crippen LogP) is 6.80. The fourth-order valence-electron chi connectivity index (χ4n) is 4.45. The third-order valence-electron chi connectivity index (χ3n) is 6.01. The van der Waals surface area contributed by atoms with Gasteiger partial charge in [-0.15, -0.1) is 0 Å². The van der Waals surface area contributed by atoms with Gasteiger partial charge in [0, 0.05) is 14.8 Å². The molecular weight excluding hydrogens is 306 g/mol. The smallest absolute Gasteiger partial charge is 0.0409 e. The minimum absolute atomic E-state index is 0.558. The molecule has 1 rings (SSSR count). The van der Waals surface area contributed by atoms with Crippen LogP contribution in [0.3, 0.4) is 0 Å². The molecule has 1 fully saturated rings. The van der Waals surface area contributed by atoms with E-state index in [2.05, 4.69) is 38.7 Å². The second-order valence-electron chi connectivity index (χ2n) is 8.05. The standard InChI is InChI=1S/C22H45NSi/c1-5-18-24(19-6-2)20-22(7-3)21(4)23-16-14-12-10-8-9-11-13-15-17-23/h7,21,24H,5-6,8-20H2,1-4H3. The van der Waals surface area contributed by atoms with E-state index in [4.69, 9.17) is 0 Å². The van der Waals surface area contributed by atoms with Gasteiger partial charge in [0.1, 0.15) is 0 Å². The van der Waals surface area contributed by atoms with Crippen LogP contribution in [0.2, 0.25) is 18.1 Å². The maximum Gasteiger partial charge on any atom is 0.0409 e. The van der Waals surface area contributed by atoms with Gasteiger partial charge < -0.3 is 0 Å². The van der Waals surface area contributed by atoms with Crippen molar-refractivity contribution < 1.29 is 0 Å². The van der Waals surface area contributed by atoms with E-state index in [1.54, 1.807) is 5.57 Å². The minimum atomic E-state index is -0.558. The monoisotopic (exact) mass is 351 g/mol. The number of hydrogen-bond donors (Lipinski definition) is 0. The van der Waals surface area contributed by atoms with Crippen LogP contribution in [0.5, 0.6) is 0 Å². The van der Waals surface area contributed by atoms with E-state index < -0.39 is 8.80 Å². The van der Waals surface area contributed by atoms with Crippen LogP contribution in [0.25, 0.3) is 0 Å². The summed E-state index contributed by atoms with van der Waals surface area (Å²) in [6.07, 6.45) is 16.8. The molecule has 1 atom stereocenters. The molecule has 0 saturated carbocycles. The lowest BCUT2D eigenvalue weighted by molar-refractivity contribution is 0.224. The van der Waals surface area contributed by atoms with Crippen molar-refractivity contribution in [2.75, 3.05) is 13.1 Å². The molecule has 1 aliphatic heterocycles. The summed E-state index contributed by atoms with van der Waals surface area (Å²) in [5.41, 5.74) is 1.77. The van der Waals surface area contributed by atoms with Crippen molar-refractivity contribution in [3.8, 4) is 0 Å². The lowest BCUT2D eigenvalue weighted by Gasteiger charge is -2.32. The summed E-state index contributed by atoms with van der Waals surface area (Å²) in [6.45, 7) is 12.2. The summed E-state index contributed by atoms with van der Waals surface area (Å²) >= 11 is 0. The molecule has 142 valence electrons. The maximum absolute atomic E-state index is 2.82. The normalized spacial score (nSPS) is 20.8. The Labute approximate surface area is 154 Å². The Morgan fingerprint density at radius 2 is 1.33 bits per heavy atom. The van der Waals surface area contributed by atoms with Gasteiger partial charge in [-0.05, 0) is 45.8 Å². The van der Waals surface area contributed by atoms with E-state index in [9.17, 15) is 0 Å². The van der Waals surface area contributed by atoms with E-state index in [-0.39, 0.29) is 0 Å². The highest BCUT2D eigenvalue weighted by atomic mass is 28.3. The molecule has 0 bridgehead atoms. The van der Waals surface area contributed by atoms with E-state index in [1.807, 2.05) is 0 Å². The quantitative estimate of drug-likeness (QED) is 0.343. The summed E-state index contributed by atoms with van der Waals surface area (Å²) < 4.78 is 0. The fourth-order valence-corrected chi connectivity index (χ4v) is 8.03. The lowest BCUT2D eigenvalue weighted by Crippen LogP contribution is -2.37. The summed E-state index contributed by atoms with van der Waals surface area (Å²) in [7, 11) is -0.558. The van der Waals surface area contributed by atoms with Crippen LogP contribution in [0.1, 0.15) is 91.9 Å². The van der Waals surface area contributed by atoms with Gasteiger partial charge in [0.05, 0.1) is 0 Å². The van der Waals surface area contributed by atoms with Gasteiger partial charge in [-0.1, -0.05) is 89.0 Å². The van der Waals surface area contributed by atoms with Crippen LogP contribution < -0.4 is 0 Å². The largest absolute Gasteiger partial charge is 0.297 e. The molecule has 1 saturated heterocycles. The van der Waals surface area contributed by atoms with Gasteiger partial charge in [0.15, 0.2) is 0 Å². The van der Waals surface area contributed by atoms with Crippen molar-refractivity contribution in [1.82, 2.24) is 4.90 Å². The Hall–Kier alpha value is -0.0831. The SMILES string of the molecule is CC=C(C[SiH](CCC)CCC)C(C)N1CCCCCCCCCC1. The van der Waals surface area contributed by atoms with E-state index in [1.165, 1.54) is 95.4 Å². The first kappa shape index (κ1) is 22.0. The van der Waals surface area contributed by atoms with Crippen LogP contribution in [-0.4, -0.2) is 32.8 Å². The zero-order valence-electron chi connectivity index (χ0n) is 17.3. The van der Waals surface area contributed by atoms with Crippen LogP contribution in [0.15, 0.2) is 11.6 Å². The van der Waals surface area contributed by atoms with Crippen molar-refractivity contribution in [1.29, 1.82) is 0 Å². The van der Waals surface area contributed by atoms with Crippen LogP contribution in [0.4, 0.5) is 0 Å². The summed E-state index contributed by atoms with van der Waals surface area (Å²) in [5.74, 6) is 0. The fraction of sp³-hybridized carbons (Fsp3) is 0.909. The predicted molar refractivity (Wildman–Crippen MR) is 114 cm³/mol. The van der Waals surface area contributed by atoms with Gasteiger partial charge in [0.2, 0.25) is 0 Å². The molecular formula is C22H45NSi. The Balaban J connectivity index is 2.63. The highest BCUT2D eigenvalue weighted by Gasteiger charge is 2.20. The number of rotatable bonds is 8. The molecule has 0 N–H and O–H groups in total. The molecule has 0 amide bonds. The van der Waals surface area contributed by atoms with Gasteiger partial charge >= 0.3 is 0 Å². The molecule has 1 unspecified atom stereocenters. The number of nitrogens with zero attached hydrogens (tertiary/aromatic N) is 1. The van der Waals surface area contributed by atoms with Crippen molar-refractivity contribution in [3.05, 3.63) is 11.6 Å². The highest BCUT2D eigenvalue weighted by Crippen LogP contribution is 2.23. The van der Waals surface area contributed by atoms with Gasteiger partial charge in [-0.25, -0.2) is 0 Å². The van der Waals surface area contributed by atoms with E-state index in [0.29, 0.717) is 6.04 Å². The first-order chi connectivity index (χ1) is 11.7. The van der Waals surface area contributed by atoms with Gasteiger partial charge in [-0.2, -0.15) is 0 Å². The summed E-state index contributed by atoms with van der Waals surface area (Å²) in [5, 5.41) is 0. The Morgan fingerprint density at radius 1 is 0.875 bits per heavy atom. The van der Waals surface area contributed by atoms with Crippen LogP contribution >= 0.6 is 0 Å². The molecule has 0 radical (unpaired) electrons. The molecule has 0 aromatic rings. The van der Waals surface area contributed by atoms with Crippen molar-refractivity contribution in [2.45, 2.75) is 116 Å². The molecule has 0 spiro atoms. The van der Waals surface area contributed by atoms with Crippen LogP contribution in [-0.2, 0) is 0 Å². The Bertz CT molecular complexity index is 308. The molecule has 24 heavy (non-hydrogen) atoms. The topological polar surface area (TPSA) is 3.24 Å². The van der Waals surface area contributed by atoms with Crippen molar-refractivity contribution in [2.24, 2.45) is 0 Å². The van der Waals surface area contributed by atoms with E-state index in [0.717, 1.165) is 0 Å². The highest BCUT2D eigenvalue weighted by molar-refractivity contribution is 6.59. The molecule has 1 nitrogen and oxygen atoms in total. The average molecular weight is 352 g/mol. The molecule has 0 aliphatic carbocycles. The lowest BCUT2D eigenvalue weighted by atomic mass is 10.1. The number of allylic oxidation sites excluding steroid dienone is 1. The molecule has 1 heterocycles. The van der Waals surface area contributed by atoms with Crippen molar-refractivity contribution in [3.63, 3.8) is 0 Å². The Kier molecular flexibility index (Phi) is 12.9. The van der Waals surface area contributed by atoms with E-state index >= 15 is 0 Å². The number of hydrogen-bond acceptors (Lipinski definition) is 1. The summed E-state index contributed by atoms with van der Waals surface area (Å²) in [6, 6.07) is 5.23. The van der Waals surface area contributed by atoms with Crippen molar-refractivity contribution >= 4 is 8.80 Å². The minimum Gasteiger partial charge on any atom is -0.297 e. The molecule has 0 aromatic carbocycles. The summed E-state index contributed by atoms with van der Waals surface area (Å²) in [4.78, 5) is 2.82.